The average molecular weight is 354 g/mol. The van der Waals surface area contributed by atoms with Gasteiger partial charge < -0.3 is 4.74 Å². The Morgan fingerprint density at radius 3 is 2.48 bits per heavy atom. The van der Waals surface area contributed by atoms with Crippen molar-refractivity contribution in [3.8, 4) is 5.75 Å². The van der Waals surface area contributed by atoms with Crippen molar-refractivity contribution < 1.29 is 13.2 Å². The molecule has 0 aromatic heterocycles. The first-order valence-electron chi connectivity index (χ1n) is 7.25. The molecule has 0 radical (unpaired) electrons. The molecule has 2 aromatic rings. The Morgan fingerprint density at radius 2 is 1.78 bits per heavy atom. The first-order valence-corrected chi connectivity index (χ1v) is 9.11. The Morgan fingerprint density at radius 1 is 1.04 bits per heavy atom. The van der Waals surface area contributed by atoms with Gasteiger partial charge in [0, 0.05) is 6.54 Å². The number of hydrogen-bond donors (Lipinski definition) is 1. The molecule has 0 saturated carbocycles. The summed E-state index contributed by atoms with van der Waals surface area (Å²) in [5, 5.41) is 0.507. The van der Waals surface area contributed by atoms with E-state index in [1.54, 1.807) is 24.3 Å². The molecule has 0 bridgehead atoms. The zero-order valence-corrected chi connectivity index (χ0v) is 15.0. The second kappa shape index (κ2) is 7.34. The van der Waals surface area contributed by atoms with Crippen LogP contribution in [0.1, 0.15) is 16.7 Å². The zero-order valence-electron chi connectivity index (χ0n) is 13.4. The fraction of sp³-hybridized carbons (Fsp3) is 0.294. The van der Waals surface area contributed by atoms with E-state index in [9.17, 15) is 8.42 Å². The zero-order chi connectivity index (χ0) is 17.0. The van der Waals surface area contributed by atoms with Gasteiger partial charge in [0.1, 0.15) is 12.4 Å². The fourth-order valence-corrected chi connectivity index (χ4v) is 3.29. The number of sulfonamides is 1. The molecular weight excluding hydrogens is 334 g/mol. The van der Waals surface area contributed by atoms with Crippen LogP contribution < -0.4 is 9.46 Å². The number of hydrogen-bond acceptors (Lipinski definition) is 3. The van der Waals surface area contributed by atoms with Crippen LogP contribution in [-0.4, -0.2) is 21.6 Å². The topological polar surface area (TPSA) is 55.4 Å². The highest BCUT2D eigenvalue weighted by Crippen LogP contribution is 2.25. The van der Waals surface area contributed by atoms with Crippen molar-refractivity contribution in [1.82, 2.24) is 4.72 Å². The summed E-state index contributed by atoms with van der Waals surface area (Å²) in [4.78, 5) is 0.259. The Hall–Kier alpha value is -1.56. The van der Waals surface area contributed by atoms with E-state index in [0.717, 1.165) is 16.7 Å². The van der Waals surface area contributed by atoms with Gasteiger partial charge in [-0.25, -0.2) is 13.1 Å². The van der Waals surface area contributed by atoms with Crippen molar-refractivity contribution in [2.45, 2.75) is 25.7 Å². The molecule has 0 aliphatic heterocycles. The normalized spacial score (nSPS) is 11.5. The van der Waals surface area contributed by atoms with Gasteiger partial charge in [-0.3, -0.25) is 0 Å². The third kappa shape index (κ3) is 4.70. The molecule has 0 aliphatic carbocycles. The summed E-state index contributed by atoms with van der Waals surface area (Å²) in [6.45, 7) is 6.13. The van der Waals surface area contributed by atoms with Crippen LogP contribution in [-0.2, 0) is 10.0 Å². The molecule has 0 spiro atoms. The van der Waals surface area contributed by atoms with Crippen molar-refractivity contribution in [1.29, 1.82) is 0 Å². The maximum absolute atomic E-state index is 12.2. The quantitative estimate of drug-likeness (QED) is 0.807. The van der Waals surface area contributed by atoms with Crippen molar-refractivity contribution in [3.05, 3.63) is 58.1 Å². The highest BCUT2D eigenvalue weighted by atomic mass is 35.5. The lowest BCUT2D eigenvalue weighted by molar-refractivity contribution is 0.323. The second-order valence-electron chi connectivity index (χ2n) is 5.43. The van der Waals surface area contributed by atoms with Crippen LogP contribution in [0.5, 0.6) is 5.75 Å². The number of ether oxygens (including phenoxy) is 1. The van der Waals surface area contributed by atoms with E-state index in [2.05, 4.69) is 4.72 Å². The molecule has 0 atom stereocenters. The number of aryl methyl sites for hydroxylation is 3. The summed E-state index contributed by atoms with van der Waals surface area (Å²) in [5.41, 5.74) is 3.03. The number of nitrogens with one attached hydrogen (secondary N) is 1. The Kier molecular flexibility index (Phi) is 5.68. The van der Waals surface area contributed by atoms with Crippen LogP contribution in [0.2, 0.25) is 5.02 Å². The molecule has 0 fully saturated rings. The van der Waals surface area contributed by atoms with Gasteiger partial charge in [-0.15, -0.1) is 0 Å². The van der Waals surface area contributed by atoms with E-state index >= 15 is 0 Å². The van der Waals surface area contributed by atoms with Crippen molar-refractivity contribution >= 4 is 21.6 Å². The molecular formula is C17H20ClNO3S. The van der Waals surface area contributed by atoms with Crippen LogP contribution in [0.25, 0.3) is 0 Å². The molecule has 4 nitrogen and oxygen atoms in total. The van der Waals surface area contributed by atoms with Gasteiger partial charge in [-0.05, 0) is 61.7 Å². The van der Waals surface area contributed by atoms with Crippen molar-refractivity contribution in [2.24, 2.45) is 0 Å². The molecule has 2 rings (SSSR count). The van der Waals surface area contributed by atoms with Crippen LogP contribution in [0.3, 0.4) is 0 Å². The van der Waals surface area contributed by atoms with Gasteiger partial charge >= 0.3 is 0 Å². The fourth-order valence-electron chi connectivity index (χ4n) is 2.02. The first-order chi connectivity index (χ1) is 10.8. The summed E-state index contributed by atoms with van der Waals surface area (Å²) in [5.74, 6) is 0.553. The maximum atomic E-state index is 12.2. The maximum Gasteiger partial charge on any atom is 0.240 e. The monoisotopic (exact) mass is 353 g/mol. The molecule has 0 saturated heterocycles. The van der Waals surface area contributed by atoms with Crippen LogP contribution >= 0.6 is 11.6 Å². The lowest BCUT2D eigenvalue weighted by Crippen LogP contribution is -2.28. The van der Waals surface area contributed by atoms with Gasteiger partial charge in [0.2, 0.25) is 10.0 Å². The van der Waals surface area contributed by atoms with E-state index in [1.807, 2.05) is 32.9 Å². The molecule has 124 valence electrons. The van der Waals surface area contributed by atoms with E-state index in [0.29, 0.717) is 10.8 Å². The number of halogens is 1. The molecule has 2 aromatic carbocycles. The van der Waals surface area contributed by atoms with Crippen molar-refractivity contribution in [2.75, 3.05) is 13.2 Å². The molecule has 6 heteroatoms. The molecule has 1 N–H and O–H groups in total. The van der Waals surface area contributed by atoms with Gasteiger partial charge in [0.25, 0.3) is 0 Å². The number of rotatable bonds is 6. The summed E-state index contributed by atoms with van der Waals surface area (Å²) in [6.07, 6.45) is 0. The summed E-state index contributed by atoms with van der Waals surface area (Å²) in [6, 6.07) is 10.5. The summed E-state index contributed by atoms with van der Waals surface area (Å²) < 4.78 is 32.5. The average Bonchev–Trinajstić information content (AvgIpc) is 2.49. The smallest absolute Gasteiger partial charge is 0.240 e. The molecule has 0 aliphatic rings. The van der Waals surface area contributed by atoms with Gasteiger partial charge in [0.15, 0.2) is 0 Å². The van der Waals surface area contributed by atoms with Gasteiger partial charge in [0.05, 0.1) is 9.92 Å². The Balaban J connectivity index is 1.94. The molecule has 0 amide bonds. The van der Waals surface area contributed by atoms with E-state index in [-0.39, 0.29) is 18.0 Å². The van der Waals surface area contributed by atoms with Gasteiger partial charge in [-0.2, -0.15) is 0 Å². The SMILES string of the molecule is Cc1ccc(Cl)c(OCCNS(=O)(=O)c2ccc(C)c(C)c2)c1. The van der Waals surface area contributed by atoms with E-state index < -0.39 is 10.0 Å². The van der Waals surface area contributed by atoms with Crippen molar-refractivity contribution in [3.63, 3.8) is 0 Å². The highest BCUT2D eigenvalue weighted by Gasteiger charge is 2.14. The Labute approximate surface area is 142 Å². The third-order valence-electron chi connectivity index (χ3n) is 3.53. The predicted molar refractivity (Wildman–Crippen MR) is 92.8 cm³/mol. The van der Waals surface area contributed by atoms with E-state index in [1.165, 1.54) is 0 Å². The largest absolute Gasteiger partial charge is 0.491 e. The molecule has 23 heavy (non-hydrogen) atoms. The minimum absolute atomic E-state index is 0.166. The summed E-state index contributed by atoms with van der Waals surface area (Å²) in [7, 11) is -3.54. The van der Waals surface area contributed by atoms with Crippen LogP contribution in [0.4, 0.5) is 0 Å². The van der Waals surface area contributed by atoms with Crippen LogP contribution in [0.15, 0.2) is 41.3 Å². The summed E-state index contributed by atoms with van der Waals surface area (Å²) >= 11 is 6.03. The first kappa shape index (κ1) is 17.8. The third-order valence-corrected chi connectivity index (χ3v) is 5.30. The lowest BCUT2D eigenvalue weighted by Gasteiger charge is -2.11. The molecule has 0 unspecified atom stereocenters. The lowest BCUT2D eigenvalue weighted by atomic mass is 10.1. The van der Waals surface area contributed by atoms with E-state index in [4.69, 9.17) is 16.3 Å². The highest BCUT2D eigenvalue weighted by molar-refractivity contribution is 7.89. The predicted octanol–water partition coefficient (Wildman–Crippen LogP) is 3.62. The van der Waals surface area contributed by atoms with Gasteiger partial charge in [-0.1, -0.05) is 23.7 Å². The molecule has 0 heterocycles. The van der Waals surface area contributed by atoms with Crippen LogP contribution in [0, 0.1) is 20.8 Å². The second-order valence-corrected chi connectivity index (χ2v) is 7.60. The minimum Gasteiger partial charge on any atom is -0.491 e. The Bertz CT molecular complexity index is 803. The minimum atomic E-state index is -3.54. The standard InChI is InChI=1S/C17H20ClNO3S/c1-12-4-7-16(18)17(10-12)22-9-8-19-23(20,21)15-6-5-13(2)14(3)11-15/h4-7,10-11,19H,8-9H2,1-3H3. The number of benzene rings is 2.